The van der Waals surface area contributed by atoms with Crippen LogP contribution in [0.3, 0.4) is 0 Å². The summed E-state index contributed by atoms with van der Waals surface area (Å²) in [5.74, 6) is 0. The molecular weight excluding hydrogens is 282 g/mol. The molecular formula is C15H13N5S. The Morgan fingerprint density at radius 2 is 1.90 bits per heavy atom. The summed E-state index contributed by atoms with van der Waals surface area (Å²) >= 11 is 1.61. The van der Waals surface area contributed by atoms with Gasteiger partial charge in [-0.15, -0.1) is 16.4 Å². The van der Waals surface area contributed by atoms with E-state index in [1.807, 2.05) is 45.9 Å². The largest absolute Gasteiger partial charge is 0.297 e. The quantitative estimate of drug-likeness (QED) is 0.570. The molecule has 0 bridgehead atoms. The van der Waals surface area contributed by atoms with E-state index in [1.165, 1.54) is 5.56 Å². The van der Waals surface area contributed by atoms with Crippen LogP contribution in [0, 0.1) is 13.8 Å². The highest BCUT2D eigenvalue weighted by atomic mass is 32.1. The molecule has 3 aromatic heterocycles. The van der Waals surface area contributed by atoms with Crippen molar-refractivity contribution < 1.29 is 0 Å². The molecule has 0 aliphatic heterocycles. The lowest BCUT2D eigenvalue weighted by molar-refractivity contribution is 0.785. The van der Waals surface area contributed by atoms with Gasteiger partial charge in [-0.2, -0.15) is 0 Å². The van der Waals surface area contributed by atoms with Crippen molar-refractivity contribution in [2.75, 3.05) is 0 Å². The minimum absolute atomic E-state index is 0.825. The molecule has 21 heavy (non-hydrogen) atoms. The zero-order valence-electron chi connectivity index (χ0n) is 11.7. The first-order valence-corrected chi connectivity index (χ1v) is 7.52. The Morgan fingerprint density at radius 3 is 2.67 bits per heavy atom. The van der Waals surface area contributed by atoms with E-state index >= 15 is 0 Å². The summed E-state index contributed by atoms with van der Waals surface area (Å²) in [5.41, 5.74) is 4.91. The molecule has 104 valence electrons. The SMILES string of the molecule is Cc1ccc(-n2nnc(-c3cn4ccsc4n3)c2C)cc1. The maximum absolute atomic E-state index is 4.59. The molecule has 0 unspecified atom stereocenters. The van der Waals surface area contributed by atoms with Gasteiger partial charge in [-0.1, -0.05) is 22.9 Å². The molecule has 0 aliphatic carbocycles. The second kappa shape index (κ2) is 4.53. The van der Waals surface area contributed by atoms with Gasteiger partial charge in [0.25, 0.3) is 0 Å². The number of aryl methyl sites for hydroxylation is 1. The molecule has 0 saturated carbocycles. The van der Waals surface area contributed by atoms with Gasteiger partial charge < -0.3 is 0 Å². The summed E-state index contributed by atoms with van der Waals surface area (Å²) < 4.78 is 3.85. The summed E-state index contributed by atoms with van der Waals surface area (Å²) in [4.78, 5) is 5.56. The van der Waals surface area contributed by atoms with Crippen molar-refractivity contribution >= 4 is 16.3 Å². The number of aromatic nitrogens is 5. The van der Waals surface area contributed by atoms with Crippen LogP contribution in [0.1, 0.15) is 11.3 Å². The van der Waals surface area contributed by atoms with E-state index in [0.717, 1.165) is 27.7 Å². The van der Waals surface area contributed by atoms with Gasteiger partial charge in [0.2, 0.25) is 0 Å². The lowest BCUT2D eigenvalue weighted by Crippen LogP contribution is -1.98. The number of benzene rings is 1. The molecule has 5 nitrogen and oxygen atoms in total. The van der Waals surface area contributed by atoms with Crippen LogP contribution in [-0.2, 0) is 0 Å². The highest BCUT2D eigenvalue weighted by molar-refractivity contribution is 7.15. The van der Waals surface area contributed by atoms with Crippen LogP contribution in [-0.4, -0.2) is 24.4 Å². The van der Waals surface area contributed by atoms with Gasteiger partial charge in [-0.25, -0.2) is 9.67 Å². The number of hydrogen-bond acceptors (Lipinski definition) is 4. The van der Waals surface area contributed by atoms with Crippen LogP contribution in [0.5, 0.6) is 0 Å². The Kier molecular flexibility index (Phi) is 2.65. The topological polar surface area (TPSA) is 48.0 Å². The number of nitrogens with zero attached hydrogens (tertiary/aromatic N) is 5. The second-order valence-corrected chi connectivity index (χ2v) is 5.86. The first kappa shape index (κ1) is 12.3. The zero-order valence-corrected chi connectivity index (χ0v) is 12.5. The highest BCUT2D eigenvalue weighted by Gasteiger charge is 2.15. The number of hydrogen-bond donors (Lipinski definition) is 0. The summed E-state index contributed by atoms with van der Waals surface area (Å²) in [5, 5.41) is 10.6. The number of fused-ring (bicyclic) bond motifs is 1. The van der Waals surface area contributed by atoms with Crippen LogP contribution in [0.15, 0.2) is 42.0 Å². The van der Waals surface area contributed by atoms with Gasteiger partial charge in [0.05, 0.1) is 11.4 Å². The van der Waals surface area contributed by atoms with Gasteiger partial charge in [-0.05, 0) is 26.0 Å². The van der Waals surface area contributed by atoms with Gasteiger partial charge in [0, 0.05) is 17.8 Å². The zero-order chi connectivity index (χ0) is 14.4. The standard InChI is InChI=1S/C15H13N5S/c1-10-3-5-12(6-4-10)20-11(2)14(17-18-20)13-9-19-7-8-21-15(19)16-13/h3-9H,1-2H3. The van der Waals surface area contributed by atoms with Crippen molar-refractivity contribution in [2.45, 2.75) is 13.8 Å². The van der Waals surface area contributed by atoms with Crippen molar-refractivity contribution in [3.8, 4) is 17.1 Å². The van der Waals surface area contributed by atoms with E-state index < -0.39 is 0 Å². The Bertz CT molecular complexity index is 885. The summed E-state index contributed by atoms with van der Waals surface area (Å²) in [6, 6.07) is 8.24. The lowest BCUT2D eigenvalue weighted by Gasteiger charge is -2.03. The smallest absolute Gasteiger partial charge is 0.194 e. The molecule has 4 rings (SSSR count). The molecule has 0 spiro atoms. The third-order valence-electron chi connectivity index (χ3n) is 3.51. The first-order valence-electron chi connectivity index (χ1n) is 6.64. The molecule has 1 aromatic carbocycles. The van der Waals surface area contributed by atoms with Crippen molar-refractivity contribution in [1.29, 1.82) is 0 Å². The molecule has 0 saturated heterocycles. The summed E-state index contributed by atoms with van der Waals surface area (Å²) in [6.07, 6.45) is 3.98. The van der Waals surface area contributed by atoms with E-state index in [0.29, 0.717) is 0 Å². The fourth-order valence-electron chi connectivity index (χ4n) is 2.34. The maximum Gasteiger partial charge on any atom is 0.194 e. The van der Waals surface area contributed by atoms with Gasteiger partial charge in [0.15, 0.2) is 4.96 Å². The fraction of sp³-hybridized carbons (Fsp3) is 0.133. The molecule has 0 aliphatic rings. The van der Waals surface area contributed by atoms with E-state index in [1.54, 1.807) is 11.3 Å². The minimum atomic E-state index is 0.825. The van der Waals surface area contributed by atoms with Crippen molar-refractivity contribution in [2.24, 2.45) is 0 Å². The van der Waals surface area contributed by atoms with Gasteiger partial charge in [0.1, 0.15) is 11.4 Å². The molecule has 3 heterocycles. The predicted octanol–water partition coefficient (Wildman–Crippen LogP) is 3.26. The summed E-state index contributed by atoms with van der Waals surface area (Å²) in [6.45, 7) is 4.09. The molecule has 6 heteroatoms. The normalized spacial score (nSPS) is 11.3. The van der Waals surface area contributed by atoms with E-state index in [-0.39, 0.29) is 0 Å². The van der Waals surface area contributed by atoms with Gasteiger partial charge >= 0.3 is 0 Å². The molecule has 0 amide bonds. The van der Waals surface area contributed by atoms with Crippen LogP contribution < -0.4 is 0 Å². The highest BCUT2D eigenvalue weighted by Crippen LogP contribution is 2.24. The van der Waals surface area contributed by atoms with E-state index in [4.69, 9.17) is 0 Å². The Balaban J connectivity index is 1.81. The summed E-state index contributed by atoms with van der Waals surface area (Å²) in [7, 11) is 0. The minimum Gasteiger partial charge on any atom is -0.297 e. The Morgan fingerprint density at radius 1 is 1.10 bits per heavy atom. The maximum atomic E-state index is 4.59. The predicted molar refractivity (Wildman–Crippen MR) is 82.9 cm³/mol. The van der Waals surface area contributed by atoms with Crippen molar-refractivity contribution in [1.82, 2.24) is 24.4 Å². The fourth-order valence-corrected chi connectivity index (χ4v) is 3.04. The van der Waals surface area contributed by atoms with Gasteiger partial charge in [-0.3, -0.25) is 4.40 Å². The Hall–Kier alpha value is -2.47. The second-order valence-electron chi connectivity index (χ2n) is 4.99. The van der Waals surface area contributed by atoms with E-state index in [9.17, 15) is 0 Å². The number of rotatable bonds is 2. The third-order valence-corrected chi connectivity index (χ3v) is 4.28. The number of thiazole rings is 1. The van der Waals surface area contributed by atoms with Crippen molar-refractivity contribution in [3.63, 3.8) is 0 Å². The van der Waals surface area contributed by atoms with Crippen LogP contribution in [0.4, 0.5) is 0 Å². The van der Waals surface area contributed by atoms with Crippen LogP contribution in [0.2, 0.25) is 0 Å². The average Bonchev–Trinajstić information content (AvgIpc) is 3.13. The molecule has 0 fully saturated rings. The van der Waals surface area contributed by atoms with E-state index in [2.05, 4.69) is 34.4 Å². The van der Waals surface area contributed by atoms with Crippen LogP contribution in [0.25, 0.3) is 22.0 Å². The molecule has 0 radical (unpaired) electrons. The average molecular weight is 295 g/mol. The third kappa shape index (κ3) is 1.95. The number of imidazole rings is 1. The van der Waals surface area contributed by atoms with Crippen molar-refractivity contribution in [3.05, 3.63) is 53.3 Å². The lowest BCUT2D eigenvalue weighted by atomic mass is 10.2. The first-order chi connectivity index (χ1) is 10.2. The molecule has 0 atom stereocenters. The monoisotopic (exact) mass is 295 g/mol. The Labute approximate surface area is 125 Å². The molecule has 0 N–H and O–H groups in total. The van der Waals surface area contributed by atoms with Crippen LogP contribution >= 0.6 is 11.3 Å². The molecule has 4 aromatic rings.